The average Bonchev–Trinajstić information content (AvgIpc) is 2.81. The van der Waals surface area contributed by atoms with E-state index in [1.807, 2.05) is 0 Å². The lowest BCUT2D eigenvalue weighted by Gasteiger charge is -2.11. The summed E-state index contributed by atoms with van der Waals surface area (Å²) < 4.78 is 20.3. The molecule has 0 radical (unpaired) electrons. The Hall–Kier alpha value is -2.44. The number of carboxylic acids is 1. The molecule has 0 amide bonds. The van der Waals surface area contributed by atoms with Crippen LogP contribution >= 0.6 is 0 Å². The molecule has 20 heavy (non-hydrogen) atoms. The van der Waals surface area contributed by atoms with Gasteiger partial charge in [-0.1, -0.05) is 0 Å². The first kappa shape index (κ1) is 14.0. The number of esters is 1. The molecule has 0 atom stereocenters. The number of rotatable bonds is 5. The lowest BCUT2D eigenvalue weighted by Crippen LogP contribution is -2.19. The summed E-state index contributed by atoms with van der Waals surface area (Å²) >= 11 is 0. The molecular weight excluding hydrogens is 268 g/mol. The largest absolute Gasteiger partial charge is 0.481 e. The maximum absolute atomic E-state index is 11.4. The molecule has 1 aliphatic rings. The van der Waals surface area contributed by atoms with E-state index in [9.17, 15) is 9.59 Å². The van der Waals surface area contributed by atoms with Gasteiger partial charge in [-0.15, -0.1) is 0 Å². The van der Waals surface area contributed by atoms with E-state index in [0.29, 0.717) is 11.5 Å². The Kier molecular flexibility index (Phi) is 3.97. The van der Waals surface area contributed by atoms with E-state index in [-0.39, 0.29) is 30.8 Å². The van der Waals surface area contributed by atoms with Crippen LogP contribution in [0.5, 0.6) is 17.2 Å². The Morgan fingerprint density at radius 1 is 1.30 bits per heavy atom. The molecule has 0 saturated carbocycles. The second kappa shape index (κ2) is 5.68. The SMILES string of the molecule is CC(C)OC(=O)COc1cc2c(cc1C(=O)O)OCO2. The molecule has 0 bridgehead atoms. The molecule has 1 aliphatic heterocycles. The molecule has 7 nitrogen and oxygen atoms in total. The van der Waals surface area contributed by atoms with Crippen molar-refractivity contribution in [1.29, 1.82) is 0 Å². The van der Waals surface area contributed by atoms with Gasteiger partial charge in [-0.05, 0) is 13.8 Å². The highest BCUT2D eigenvalue weighted by Gasteiger charge is 2.22. The summed E-state index contributed by atoms with van der Waals surface area (Å²) in [6.45, 7) is 3.06. The molecule has 0 saturated heterocycles. The molecule has 0 aromatic heterocycles. The summed E-state index contributed by atoms with van der Waals surface area (Å²) in [4.78, 5) is 22.5. The maximum atomic E-state index is 11.4. The summed E-state index contributed by atoms with van der Waals surface area (Å²) in [6, 6.07) is 2.68. The second-order valence-electron chi connectivity index (χ2n) is 4.33. The lowest BCUT2D eigenvalue weighted by molar-refractivity contribution is -0.149. The van der Waals surface area contributed by atoms with Gasteiger partial charge in [0.15, 0.2) is 18.1 Å². The van der Waals surface area contributed by atoms with Gasteiger partial charge >= 0.3 is 11.9 Å². The molecule has 0 unspecified atom stereocenters. The third kappa shape index (κ3) is 3.11. The summed E-state index contributed by atoms with van der Waals surface area (Å²) in [6.07, 6.45) is -0.262. The molecule has 7 heteroatoms. The number of fused-ring (bicyclic) bond motifs is 1. The van der Waals surface area contributed by atoms with Crippen LogP contribution in [0, 0.1) is 0 Å². The number of ether oxygens (including phenoxy) is 4. The second-order valence-corrected chi connectivity index (χ2v) is 4.33. The Morgan fingerprint density at radius 3 is 2.55 bits per heavy atom. The highest BCUT2D eigenvalue weighted by molar-refractivity contribution is 5.92. The van der Waals surface area contributed by atoms with Crippen LogP contribution in [0.15, 0.2) is 12.1 Å². The maximum Gasteiger partial charge on any atom is 0.344 e. The topological polar surface area (TPSA) is 91.3 Å². The normalized spacial score (nSPS) is 12.3. The molecule has 0 aliphatic carbocycles. The zero-order valence-corrected chi connectivity index (χ0v) is 11.0. The zero-order chi connectivity index (χ0) is 14.7. The first-order chi connectivity index (χ1) is 9.47. The predicted octanol–water partition coefficient (Wildman–Crippen LogP) is 1.44. The van der Waals surface area contributed by atoms with Crippen LogP contribution in [-0.2, 0) is 9.53 Å². The van der Waals surface area contributed by atoms with E-state index in [2.05, 4.69) is 0 Å². The summed E-state index contributed by atoms with van der Waals surface area (Å²) in [5.41, 5.74) is -0.105. The molecule has 108 valence electrons. The highest BCUT2D eigenvalue weighted by Crippen LogP contribution is 2.38. The summed E-state index contributed by atoms with van der Waals surface area (Å²) in [7, 11) is 0. The molecule has 0 fully saturated rings. The van der Waals surface area contributed by atoms with Gasteiger partial charge in [0, 0.05) is 12.1 Å². The smallest absolute Gasteiger partial charge is 0.344 e. The van der Waals surface area contributed by atoms with Gasteiger partial charge in [0.25, 0.3) is 0 Å². The van der Waals surface area contributed by atoms with Crippen LogP contribution in [-0.4, -0.2) is 36.5 Å². The predicted molar refractivity (Wildman–Crippen MR) is 66.2 cm³/mol. The number of aromatic carboxylic acids is 1. The van der Waals surface area contributed by atoms with Crippen LogP contribution in [0.1, 0.15) is 24.2 Å². The van der Waals surface area contributed by atoms with E-state index in [1.54, 1.807) is 13.8 Å². The van der Waals surface area contributed by atoms with E-state index in [4.69, 9.17) is 24.1 Å². The standard InChI is InChI=1S/C13H14O7/c1-7(2)20-12(14)5-17-9-4-11-10(18-6-19-11)3-8(9)13(15)16/h3-4,7H,5-6H2,1-2H3,(H,15,16). The Labute approximate surface area is 115 Å². The number of carboxylic acid groups (broad SMARTS) is 1. The average molecular weight is 282 g/mol. The van der Waals surface area contributed by atoms with Crippen LogP contribution in [0.25, 0.3) is 0 Å². The molecule has 2 rings (SSSR count). The lowest BCUT2D eigenvalue weighted by atomic mass is 10.2. The Bertz CT molecular complexity index is 536. The van der Waals surface area contributed by atoms with Gasteiger partial charge < -0.3 is 24.1 Å². The number of hydrogen-bond donors (Lipinski definition) is 1. The van der Waals surface area contributed by atoms with Crippen molar-refractivity contribution in [3.63, 3.8) is 0 Å². The van der Waals surface area contributed by atoms with Gasteiger partial charge in [-0.3, -0.25) is 0 Å². The molecule has 1 aromatic rings. The molecule has 0 spiro atoms. The van der Waals surface area contributed by atoms with Crippen molar-refractivity contribution >= 4 is 11.9 Å². The van der Waals surface area contributed by atoms with Gasteiger partial charge in [0.2, 0.25) is 6.79 Å². The van der Waals surface area contributed by atoms with Crippen molar-refractivity contribution in [2.24, 2.45) is 0 Å². The third-order valence-electron chi connectivity index (χ3n) is 2.42. The fourth-order valence-corrected chi connectivity index (χ4v) is 1.64. The number of carbonyl (C=O) groups is 2. The van der Waals surface area contributed by atoms with Gasteiger partial charge in [-0.2, -0.15) is 0 Å². The summed E-state index contributed by atoms with van der Waals surface area (Å²) in [5, 5.41) is 9.12. The van der Waals surface area contributed by atoms with Crippen molar-refractivity contribution in [3.05, 3.63) is 17.7 Å². The summed E-state index contributed by atoms with van der Waals surface area (Å²) in [5.74, 6) is -1.02. The van der Waals surface area contributed by atoms with Gasteiger partial charge in [0.05, 0.1) is 6.10 Å². The van der Waals surface area contributed by atoms with Crippen LogP contribution in [0.2, 0.25) is 0 Å². The molecular formula is C13H14O7. The number of carbonyl (C=O) groups excluding carboxylic acids is 1. The van der Waals surface area contributed by atoms with Gasteiger partial charge in [-0.25, -0.2) is 9.59 Å². The Balaban J connectivity index is 2.14. The van der Waals surface area contributed by atoms with Crippen molar-refractivity contribution in [1.82, 2.24) is 0 Å². The molecule has 1 aromatic carbocycles. The van der Waals surface area contributed by atoms with E-state index >= 15 is 0 Å². The fourth-order valence-electron chi connectivity index (χ4n) is 1.64. The van der Waals surface area contributed by atoms with Crippen molar-refractivity contribution in [2.75, 3.05) is 13.4 Å². The minimum absolute atomic E-state index is 0.0211. The van der Waals surface area contributed by atoms with E-state index in [1.165, 1.54) is 12.1 Å². The Morgan fingerprint density at radius 2 is 1.95 bits per heavy atom. The first-order valence-electron chi connectivity index (χ1n) is 5.96. The molecule has 1 N–H and O–H groups in total. The van der Waals surface area contributed by atoms with Crippen LogP contribution in [0.4, 0.5) is 0 Å². The van der Waals surface area contributed by atoms with Gasteiger partial charge in [0.1, 0.15) is 11.3 Å². The van der Waals surface area contributed by atoms with Crippen molar-refractivity contribution in [3.8, 4) is 17.2 Å². The quantitative estimate of drug-likeness (QED) is 0.817. The van der Waals surface area contributed by atoms with Crippen LogP contribution in [0.3, 0.4) is 0 Å². The monoisotopic (exact) mass is 282 g/mol. The van der Waals surface area contributed by atoms with Crippen molar-refractivity contribution in [2.45, 2.75) is 20.0 Å². The fraction of sp³-hybridized carbons (Fsp3) is 0.385. The van der Waals surface area contributed by atoms with E-state index < -0.39 is 11.9 Å². The molecule has 1 heterocycles. The highest BCUT2D eigenvalue weighted by atomic mass is 16.7. The number of hydrogen-bond acceptors (Lipinski definition) is 6. The third-order valence-corrected chi connectivity index (χ3v) is 2.42. The first-order valence-corrected chi connectivity index (χ1v) is 5.96. The zero-order valence-electron chi connectivity index (χ0n) is 11.0. The van der Waals surface area contributed by atoms with E-state index in [0.717, 1.165) is 0 Å². The minimum Gasteiger partial charge on any atom is -0.481 e. The van der Waals surface area contributed by atoms with Crippen LogP contribution < -0.4 is 14.2 Å². The minimum atomic E-state index is -1.18. The van der Waals surface area contributed by atoms with Crippen molar-refractivity contribution < 1.29 is 33.6 Å². The number of benzene rings is 1.